The Balaban J connectivity index is 1.45. The minimum absolute atomic E-state index is 0.325. The smallest absolute Gasteiger partial charge is 0.161 e. The summed E-state index contributed by atoms with van der Waals surface area (Å²) in [7, 11) is 3.31. The van der Waals surface area contributed by atoms with Crippen molar-refractivity contribution in [3.63, 3.8) is 0 Å². The lowest BCUT2D eigenvalue weighted by Crippen LogP contribution is -2.10. The minimum Gasteiger partial charge on any atom is -0.493 e. The lowest BCUT2D eigenvalue weighted by atomic mass is 10.1. The zero-order chi connectivity index (χ0) is 26.0. The summed E-state index contributed by atoms with van der Waals surface area (Å²) in [6.07, 6.45) is 6.11. The van der Waals surface area contributed by atoms with Gasteiger partial charge in [-0.1, -0.05) is 36.4 Å². The maximum Gasteiger partial charge on any atom is 0.161 e. The highest BCUT2D eigenvalue weighted by molar-refractivity contribution is 5.75. The van der Waals surface area contributed by atoms with Crippen LogP contribution in [0.2, 0.25) is 0 Å². The highest BCUT2D eigenvalue weighted by Crippen LogP contribution is 2.30. The quantitative estimate of drug-likeness (QED) is 0.146. The molecule has 0 saturated carbocycles. The standard InChI is InChI=1S/C31H34N2O4/c1-5-10-23-14-16-27(29(20-23)34-3)36-19-9-18-33-26-13-8-7-12-25(26)32-31(33)22-37-28-17-15-24(11-6-2)21-30(28)35-4/h5-8,12-17,20-21H,1-2,9-11,18-19,22H2,3-4H3. The van der Waals surface area contributed by atoms with Gasteiger partial charge >= 0.3 is 0 Å². The van der Waals surface area contributed by atoms with E-state index in [1.54, 1.807) is 14.2 Å². The normalized spacial score (nSPS) is 10.8. The molecule has 0 amide bonds. The molecule has 3 aromatic carbocycles. The maximum absolute atomic E-state index is 6.17. The monoisotopic (exact) mass is 498 g/mol. The number of rotatable bonds is 14. The fraction of sp³-hybridized carbons (Fsp3) is 0.258. The minimum atomic E-state index is 0.325. The third kappa shape index (κ3) is 6.33. The van der Waals surface area contributed by atoms with Crippen LogP contribution in [-0.2, 0) is 26.0 Å². The molecule has 0 bridgehead atoms. The Hall–Kier alpha value is -4.19. The van der Waals surface area contributed by atoms with Gasteiger partial charge < -0.3 is 23.5 Å². The van der Waals surface area contributed by atoms with Gasteiger partial charge in [0.2, 0.25) is 0 Å². The van der Waals surface area contributed by atoms with Crippen LogP contribution in [0.5, 0.6) is 23.0 Å². The topological polar surface area (TPSA) is 54.7 Å². The van der Waals surface area contributed by atoms with Gasteiger partial charge in [-0.15, -0.1) is 13.2 Å². The van der Waals surface area contributed by atoms with E-state index >= 15 is 0 Å². The van der Waals surface area contributed by atoms with E-state index in [1.807, 2.05) is 66.7 Å². The van der Waals surface area contributed by atoms with Gasteiger partial charge in [0.1, 0.15) is 12.4 Å². The van der Waals surface area contributed by atoms with Gasteiger partial charge in [0.25, 0.3) is 0 Å². The second-order valence-corrected chi connectivity index (χ2v) is 8.62. The molecule has 0 saturated heterocycles. The Morgan fingerprint density at radius 1 is 0.784 bits per heavy atom. The van der Waals surface area contributed by atoms with Crippen molar-refractivity contribution in [2.75, 3.05) is 20.8 Å². The Labute approximate surface area is 218 Å². The summed E-state index contributed by atoms with van der Waals surface area (Å²) in [5.74, 6) is 3.70. The fourth-order valence-electron chi connectivity index (χ4n) is 4.28. The van der Waals surface area contributed by atoms with Crippen LogP contribution in [0, 0.1) is 0 Å². The molecule has 37 heavy (non-hydrogen) atoms. The molecule has 0 spiro atoms. The molecule has 192 valence electrons. The van der Waals surface area contributed by atoms with Gasteiger partial charge in [0, 0.05) is 6.54 Å². The second-order valence-electron chi connectivity index (χ2n) is 8.62. The van der Waals surface area contributed by atoms with Crippen molar-refractivity contribution in [1.29, 1.82) is 0 Å². The first-order chi connectivity index (χ1) is 18.2. The molecule has 4 aromatic rings. The molecule has 0 aliphatic rings. The van der Waals surface area contributed by atoms with Gasteiger partial charge in [-0.25, -0.2) is 4.98 Å². The zero-order valence-corrected chi connectivity index (χ0v) is 21.6. The summed E-state index contributed by atoms with van der Waals surface area (Å²) in [6.45, 7) is 9.21. The third-order valence-electron chi connectivity index (χ3n) is 6.09. The van der Waals surface area contributed by atoms with Gasteiger partial charge in [-0.2, -0.15) is 0 Å². The van der Waals surface area contributed by atoms with E-state index in [1.165, 1.54) is 0 Å². The van der Waals surface area contributed by atoms with Crippen LogP contribution >= 0.6 is 0 Å². The highest BCUT2D eigenvalue weighted by atomic mass is 16.5. The lowest BCUT2D eigenvalue weighted by Gasteiger charge is -2.14. The number of allylic oxidation sites excluding steroid dienone is 2. The largest absolute Gasteiger partial charge is 0.493 e. The summed E-state index contributed by atoms with van der Waals surface area (Å²) < 4.78 is 25.5. The molecular weight excluding hydrogens is 464 g/mol. The van der Waals surface area contributed by atoms with Crippen molar-refractivity contribution in [3.8, 4) is 23.0 Å². The first-order valence-corrected chi connectivity index (χ1v) is 12.4. The molecule has 4 rings (SSSR count). The first-order valence-electron chi connectivity index (χ1n) is 12.4. The van der Waals surface area contributed by atoms with E-state index < -0.39 is 0 Å². The maximum atomic E-state index is 6.17. The number of hydrogen-bond donors (Lipinski definition) is 0. The molecule has 1 aromatic heterocycles. The number of aryl methyl sites for hydroxylation is 1. The highest BCUT2D eigenvalue weighted by Gasteiger charge is 2.13. The van der Waals surface area contributed by atoms with Crippen LogP contribution in [0.25, 0.3) is 11.0 Å². The molecule has 0 fully saturated rings. The Morgan fingerprint density at radius 3 is 2.03 bits per heavy atom. The zero-order valence-electron chi connectivity index (χ0n) is 21.6. The first kappa shape index (κ1) is 25.9. The van der Waals surface area contributed by atoms with E-state index in [-0.39, 0.29) is 0 Å². The SMILES string of the molecule is C=CCc1ccc(OCCCn2c(COc3ccc(CC=C)cc3OC)nc3ccccc32)c(OC)c1. The molecule has 0 radical (unpaired) electrons. The van der Waals surface area contributed by atoms with Crippen LogP contribution < -0.4 is 18.9 Å². The predicted molar refractivity (Wildman–Crippen MR) is 148 cm³/mol. The van der Waals surface area contributed by atoms with Crippen molar-refractivity contribution in [1.82, 2.24) is 9.55 Å². The van der Waals surface area contributed by atoms with Crippen molar-refractivity contribution < 1.29 is 18.9 Å². The van der Waals surface area contributed by atoms with Crippen LogP contribution in [0.1, 0.15) is 23.4 Å². The van der Waals surface area contributed by atoms with Crippen LogP contribution in [0.15, 0.2) is 86.0 Å². The van der Waals surface area contributed by atoms with Crippen LogP contribution in [0.4, 0.5) is 0 Å². The lowest BCUT2D eigenvalue weighted by molar-refractivity contribution is 0.264. The third-order valence-corrected chi connectivity index (χ3v) is 6.09. The van der Waals surface area contributed by atoms with Gasteiger partial charge in [-0.05, 0) is 66.8 Å². The molecule has 6 nitrogen and oxygen atoms in total. The Morgan fingerprint density at radius 2 is 1.41 bits per heavy atom. The number of hydrogen-bond acceptors (Lipinski definition) is 5. The molecule has 0 aliphatic carbocycles. The number of ether oxygens (including phenoxy) is 4. The van der Waals surface area contributed by atoms with Crippen LogP contribution in [0.3, 0.4) is 0 Å². The number of aromatic nitrogens is 2. The van der Waals surface area contributed by atoms with E-state index in [0.29, 0.717) is 24.7 Å². The summed E-state index contributed by atoms with van der Waals surface area (Å²) in [5, 5.41) is 0. The van der Waals surface area contributed by atoms with Gasteiger partial charge in [0.05, 0.1) is 31.9 Å². The van der Waals surface area contributed by atoms with Gasteiger partial charge in [-0.3, -0.25) is 0 Å². The molecule has 6 heteroatoms. The van der Waals surface area contributed by atoms with Crippen molar-refractivity contribution >= 4 is 11.0 Å². The number of benzene rings is 3. The number of para-hydroxylation sites is 2. The molecule has 0 unspecified atom stereocenters. The van der Waals surface area contributed by atoms with E-state index in [2.05, 4.69) is 23.8 Å². The van der Waals surface area contributed by atoms with Crippen molar-refractivity contribution in [3.05, 3.63) is 103 Å². The molecule has 0 aliphatic heterocycles. The fourth-order valence-corrected chi connectivity index (χ4v) is 4.28. The molecule has 1 heterocycles. The summed E-state index contributed by atoms with van der Waals surface area (Å²) in [5.41, 5.74) is 4.27. The molecular formula is C31H34N2O4. The summed E-state index contributed by atoms with van der Waals surface area (Å²) >= 11 is 0. The number of imidazole rings is 1. The predicted octanol–water partition coefficient (Wildman–Crippen LogP) is 6.56. The van der Waals surface area contributed by atoms with Crippen LogP contribution in [-0.4, -0.2) is 30.4 Å². The van der Waals surface area contributed by atoms with E-state index in [4.69, 9.17) is 23.9 Å². The van der Waals surface area contributed by atoms with Crippen molar-refractivity contribution in [2.24, 2.45) is 0 Å². The Bertz CT molecular complexity index is 1360. The van der Waals surface area contributed by atoms with E-state index in [0.717, 1.165) is 65.3 Å². The van der Waals surface area contributed by atoms with E-state index in [9.17, 15) is 0 Å². The molecule has 0 N–H and O–H groups in total. The molecule has 0 atom stereocenters. The Kier molecular flexibility index (Phi) is 8.87. The average Bonchev–Trinajstić information content (AvgIpc) is 3.28. The summed E-state index contributed by atoms with van der Waals surface area (Å²) in [6, 6.07) is 20.1. The number of fused-ring (bicyclic) bond motifs is 1. The number of methoxy groups -OCH3 is 2. The number of nitrogens with zero attached hydrogens (tertiary/aromatic N) is 2. The van der Waals surface area contributed by atoms with Gasteiger partial charge in [0.15, 0.2) is 23.0 Å². The second kappa shape index (κ2) is 12.7. The summed E-state index contributed by atoms with van der Waals surface area (Å²) in [4.78, 5) is 4.84. The van der Waals surface area contributed by atoms with Crippen molar-refractivity contribution in [2.45, 2.75) is 32.4 Å². The average molecular weight is 499 g/mol.